The summed E-state index contributed by atoms with van der Waals surface area (Å²) in [7, 11) is 0. The van der Waals surface area contributed by atoms with E-state index in [0.29, 0.717) is 16.1 Å². The minimum atomic E-state index is -1.69. The summed E-state index contributed by atoms with van der Waals surface area (Å²) >= 11 is 1.06. The SMILES string of the molecule is CC(=O)Nc1ccc(SC(C(=O)Nc2c(F)c(F)cc(F)c2F)c2ccccc2)cc1. The first kappa shape index (κ1) is 22.4. The van der Waals surface area contributed by atoms with Crippen molar-refractivity contribution in [1.29, 1.82) is 0 Å². The fraction of sp³-hybridized carbons (Fsp3) is 0.0909. The molecule has 2 N–H and O–H groups in total. The average molecular weight is 448 g/mol. The molecule has 0 fully saturated rings. The third-order valence-corrected chi connectivity index (χ3v) is 5.40. The van der Waals surface area contributed by atoms with E-state index in [9.17, 15) is 27.2 Å². The Morgan fingerprint density at radius 2 is 1.42 bits per heavy atom. The summed E-state index contributed by atoms with van der Waals surface area (Å²) in [4.78, 5) is 24.6. The summed E-state index contributed by atoms with van der Waals surface area (Å²) in [6.07, 6.45) is 0. The van der Waals surface area contributed by atoms with E-state index in [4.69, 9.17) is 0 Å². The molecule has 9 heteroatoms. The zero-order valence-corrected chi connectivity index (χ0v) is 16.9. The molecule has 31 heavy (non-hydrogen) atoms. The summed E-state index contributed by atoms with van der Waals surface area (Å²) in [5.74, 6) is -7.73. The maximum Gasteiger partial charge on any atom is 0.242 e. The van der Waals surface area contributed by atoms with Crippen molar-refractivity contribution in [2.75, 3.05) is 10.6 Å². The normalized spacial score (nSPS) is 11.6. The maximum absolute atomic E-state index is 14.0. The summed E-state index contributed by atoms with van der Waals surface area (Å²) in [5, 5.41) is 3.60. The Bertz CT molecular complexity index is 1080. The van der Waals surface area contributed by atoms with Crippen LogP contribution in [0.2, 0.25) is 0 Å². The molecule has 0 aliphatic heterocycles. The highest BCUT2D eigenvalue weighted by Crippen LogP contribution is 2.37. The van der Waals surface area contributed by atoms with Gasteiger partial charge in [-0.3, -0.25) is 9.59 Å². The zero-order valence-electron chi connectivity index (χ0n) is 16.1. The highest BCUT2D eigenvalue weighted by Gasteiger charge is 2.27. The van der Waals surface area contributed by atoms with Gasteiger partial charge in [0.05, 0.1) is 0 Å². The first-order valence-electron chi connectivity index (χ1n) is 8.99. The minimum Gasteiger partial charge on any atom is -0.326 e. The van der Waals surface area contributed by atoms with Crippen molar-refractivity contribution in [2.45, 2.75) is 17.1 Å². The lowest BCUT2D eigenvalue weighted by Crippen LogP contribution is -2.21. The fourth-order valence-electron chi connectivity index (χ4n) is 2.73. The number of carbonyl (C=O) groups is 2. The number of hydrogen-bond acceptors (Lipinski definition) is 3. The van der Waals surface area contributed by atoms with Gasteiger partial charge < -0.3 is 10.6 Å². The molecule has 3 rings (SSSR count). The molecular formula is C22H16F4N2O2S. The average Bonchev–Trinajstić information content (AvgIpc) is 2.75. The van der Waals surface area contributed by atoms with Crippen LogP contribution in [-0.4, -0.2) is 11.8 Å². The van der Waals surface area contributed by atoms with E-state index in [1.807, 2.05) is 5.32 Å². The Hall–Kier alpha value is -3.33. The van der Waals surface area contributed by atoms with Crippen molar-refractivity contribution >= 4 is 35.0 Å². The summed E-state index contributed by atoms with van der Waals surface area (Å²) in [5.41, 5.74) is -0.129. The van der Waals surface area contributed by atoms with Crippen LogP contribution in [-0.2, 0) is 9.59 Å². The third-order valence-electron chi connectivity index (χ3n) is 4.13. The Morgan fingerprint density at radius 3 is 1.97 bits per heavy atom. The quantitative estimate of drug-likeness (QED) is 0.290. The maximum atomic E-state index is 14.0. The van der Waals surface area contributed by atoms with Gasteiger partial charge in [-0.15, -0.1) is 11.8 Å². The van der Waals surface area contributed by atoms with Gasteiger partial charge in [-0.25, -0.2) is 17.6 Å². The summed E-state index contributed by atoms with van der Waals surface area (Å²) < 4.78 is 55.0. The van der Waals surface area contributed by atoms with Crippen molar-refractivity contribution in [1.82, 2.24) is 0 Å². The van der Waals surface area contributed by atoms with Gasteiger partial charge in [-0.2, -0.15) is 0 Å². The molecule has 1 unspecified atom stereocenters. The first-order chi connectivity index (χ1) is 14.8. The van der Waals surface area contributed by atoms with Crippen LogP contribution in [0.25, 0.3) is 0 Å². The molecule has 0 aromatic heterocycles. The van der Waals surface area contributed by atoms with Crippen LogP contribution in [0.3, 0.4) is 0 Å². The van der Waals surface area contributed by atoms with Crippen LogP contribution in [0, 0.1) is 23.3 Å². The molecule has 1 atom stereocenters. The number of halogens is 4. The lowest BCUT2D eigenvalue weighted by molar-refractivity contribution is -0.116. The number of benzene rings is 3. The minimum absolute atomic E-state index is 0.0698. The van der Waals surface area contributed by atoms with Crippen LogP contribution in [0.15, 0.2) is 65.6 Å². The van der Waals surface area contributed by atoms with Crippen LogP contribution in [0.1, 0.15) is 17.7 Å². The molecular weight excluding hydrogens is 432 g/mol. The lowest BCUT2D eigenvalue weighted by atomic mass is 10.1. The van der Waals surface area contributed by atoms with E-state index in [1.54, 1.807) is 54.6 Å². The van der Waals surface area contributed by atoms with E-state index >= 15 is 0 Å². The topological polar surface area (TPSA) is 58.2 Å². The predicted octanol–water partition coefficient (Wildman–Crippen LogP) is 5.67. The van der Waals surface area contributed by atoms with Gasteiger partial charge in [-0.1, -0.05) is 30.3 Å². The molecule has 0 radical (unpaired) electrons. The van der Waals surface area contributed by atoms with Crippen molar-refractivity contribution in [3.63, 3.8) is 0 Å². The largest absolute Gasteiger partial charge is 0.326 e. The van der Waals surface area contributed by atoms with E-state index in [-0.39, 0.29) is 12.0 Å². The van der Waals surface area contributed by atoms with Crippen molar-refractivity contribution in [2.24, 2.45) is 0 Å². The molecule has 4 nitrogen and oxygen atoms in total. The number of anilines is 2. The number of rotatable bonds is 6. The second-order valence-electron chi connectivity index (χ2n) is 6.45. The Kier molecular flexibility index (Phi) is 6.96. The van der Waals surface area contributed by atoms with Crippen molar-refractivity contribution in [3.8, 4) is 0 Å². The summed E-state index contributed by atoms with van der Waals surface area (Å²) in [6.45, 7) is 1.37. The number of thioether (sulfide) groups is 1. The van der Waals surface area contributed by atoms with Crippen LogP contribution in [0.4, 0.5) is 28.9 Å². The monoisotopic (exact) mass is 448 g/mol. The Balaban J connectivity index is 1.90. The van der Waals surface area contributed by atoms with Crippen LogP contribution < -0.4 is 10.6 Å². The molecule has 0 saturated heterocycles. The van der Waals surface area contributed by atoms with E-state index in [0.717, 1.165) is 11.8 Å². The molecule has 0 spiro atoms. The van der Waals surface area contributed by atoms with Gasteiger partial charge >= 0.3 is 0 Å². The molecule has 0 aliphatic carbocycles. The summed E-state index contributed by atoms with van der Waals surface area (Å²) in [6, 6.07) is 15.0. The van der Waals surface area contributed by atoms with E-state index < -0.39 is 40.1 Å². The van der Waals surface area contributed by atoms with Crippen molar-refractivity contribution in [3.05, 3.63) is 89.5 Å². The van der Waals surface area contributed by atoms with Gasteiger partial charge in [0.15, 0.2) is 23.3 Å². The molecule has 2 amide bonds. The Morgan fingerprint density at radius 1 is 0.839 bits per heavy atom. The highest BCUT2D eigenvalue weighted by molar-refractivity contribution is 8.00. The molecule has 0 bridgehead atoms. The molecule has 0 aliphatic rings. The van der Waals surface area contributed by atoms with Crippen molar-refractivity contribution < 1.29 is 27.2 Å². The Labute approximate surface area is 179 Å². The van der Waals surface area contributed by atoms with E-state index in [2.05, 4.69) is 5.32 Å². The highest BCUT2D eigenvalue weighted by atomic mass is 32.2. The number of amides is 2. The second kappa shape index (κ2) is 9.65. The zero-order chi connectivity index (χ0) is 22.5. The first-order valence-corrected chi connectivity index (χ1v) is 9.87. The number of hydrogen-bond donors (Lipinski definition) is 2. The van der Waals surface area contributed by atoms with E-state index in [1.165, 1.54) is 6.92 Å². The number of nitrogens with one attached hydrogen (secondary N) is 2. The van der Waals surface area contributed by atoms with Gasteiger partial charge in [-0.05, 0) is 29.8 Å². The third kappa shape index (κ3) is 5.43. The molecule has 3 aromatic rings. The van der Waals surface area contributed by atoms with Gasteiger partial charge in [0, 0.05) is 23.6 Å². The molecule has 0 saturated carbocycles. The molecule has 3 aromatic carbocycles. The smallest absolute Gasteiger partial charge is 0.242 e. The number of carbonyl (C=O) groups excluding carboxylic acids is 2. The predicted molar refractivity (Wildman–Crippen MR) is 111 cm³/mol. The lowest BCUT2D eigenvalue weighted by Gasteiger charge is -2.18. The second-order valence-corrected chi connectivity index (χ2v) is 7.63. The fourth-order valence-corrected chi connectivity index (χ4v) is 3.75. The van der Waals surface area contributed by atoms with Gasteiger partial charge in [0.1, 0.15) is 10.9 Å². The van der Waals surface area contributed by atoms with Crippen LogP contribution >= 0.6 is 11.8 Å². The standard InChI is InChI=1S/C22H16F4N2O2S/c1-12(29)27-14-7-9-15(10-8-14)31-21(13-5-3-2-4-6-13)22(30)28-20-18(25)16(23)11-17(24)19(20)26/h2-11,21H,1H3,(H,27,29)(H,28,30). The molecule has 0 heterocycles. The van der Waals surface area contributed by atoms with Gasteiger partial charge in [0.25, 0.3) is 0 Å². The molecule has 160 valence electrons. The van der Waals surface area contributed by atoms with Crippen LogP contribution in [0.5, 0.6) is 0 Å². The van der Waals surface area contributed by atoms with Gasteiger partial charge in [0.2, 0.25) is 11.8 Å².